The Hall–Kier alpha value is -4.35. The number of hydrogen-bond acceptors (Lipinski definition) is 6. The Balaban J connectivity index is 2.00. The van der Waals surface area contributed by atoms with Gasteiger partial charge < -0.3 is 19.9 Å². The van der Waals surface area contributed by atoms with Crippen LogP contribution in [0.3, 0.4) is 0 Å². The van der Waals surface area contributed by atoms with Gasteiger partial charge in [-0.25, -0.2) is 4.79 Å². The van der Waals surface area contributed by atoms with Crippen LogP contribution < -0.4 is 16.4 Å². The number of nitrogens with zero attached hydrogens (tertiary/aromatic N) is 2. The molecule has 3 aromatic carbocycles. The molecule has 0 atom stereocenters. The highest BCUT2D eigenvalue weighted by atomic mass is 16.7. The van der Waals surface area contributed by atoms with E-state index in [0.29, 0.717) is 34.2 Å². The van der Waals surface area contributed by atoms with Crippen LogP contribution in [0.4, 0.5) is 0 Å². The van der Waals surface area contributed by atoms with Crippen molar-refractivity contribution >= 4 is 33.7 Å². The van der Waals surface area contributed by atoms with Gasteiger partial charge in [0.15, 0.2) is 6.61 Å². The molecule has 1 aromatic heterocycles. The fourth-order valence-corrected chi connectivity index (χ4v) is 3.76. The van der Waals surface area contributed by atoms with E-state index in [1.807, 2.05) is 34.9 Å². The first-order valence-electron chi connectivity index (χ1n) is 9.39. The van der Waals surface area contributed by atoms with Crippen molar-refractivity contribution in [2.24, 2.45) is 11.6 Å². The molecule has 154 valence electrons. The smallest absolute Gasteiger partial charge is 0.362 e. The van der Waals surface area contributed by atoms with Gasteiger partial charge in [-0.1, -0.05) is 30.3 Å². The van der Waals surface area contributed by atoms with Crippen LogP contribution in [0, 0.1) is 11.3 Å². The van der Waals surface area contributed by atoms with E-state index in [-0.39, 0.29) is 0 Å². The van der Waals surface area contributed by atoms with Crippen molar-refractivity contribution in [1.82, 2.24) is 4.57 Å². The summed E-state index contributed by atoms with van der Waals surface area (Å²) in [5.41, 5.74) is 8.86. The summed E-state index contributed by atoms with van der Waals surface area (Å²) < 4.78 is 7.64. The van der Waals surface area contributed by atoms with Crippen molar-refractivity contribution in [3.8, 4) is 11.8 Å². The molecule has 0 saturated carbocycles. The van der Waals surface area contributed by atoms with Crippen molar-refractivity contribution in [3.05, 3.63) is 77.4 Å². The summed E-state index contributed by atoms with van der Waals surface area (Å²) in [6.45, 7) is -0.00145. The van der Waals surface area contributed by atoms with Crippen LogP contribution in [0.15, 0.2) is 60.7 Å². The Kier molecular flexibility index (Phi) is 5.26. The lowest BCUT2D eigenvalue weighted by Crippen LogP contribution is -2.18. The lowest BCUT2D eigenvalue weighted by atomic mass is 10.1. The number of rotatable bonds is 6. The standard InChI is InChI=1S/C23H18N4O4/c24-11-14-5-1-2-6-15(14)12-27-17-8-3-7-16(23(25)29)21(17)22-18(27)9-4-10-19(22)30-13-20(28)31-26/h1-10H,12-13,26H2,(H2,25,29). The number of benzene rings is 3. The Morgan fingerprint density at radius 3 is 2.39 bits per heavy atom. The molecule has 0 bridgehead atoms. The third kappa shape index (κ3) is 3.54. The number of nitrogens with two attached hydrogens (primary N) is 2. The van der Waals surface area contributed by atoms with E-state index in [1.54, 1.807) is 30.3 Å². The second-order valence-electron chi connectivity index (χ2n) is 6.85. The monoisotopic (exact) mass is 414 g/mol. The zero-order valence-corrected chi connectivity index (χ0v) is 16.4. The van der Waals surface area contributed by atoms with Crippen molar-refractivity contribution in [1.29, 1.82) is 5.26 Å². The maximum Gasteiger partial charge on any atom is 0.362 e. The Labute approximate surface area is 177 Å². The fourth-order valence-electron chi connectivity index (χ4n) is 3.76. The molecule has 4 N–H and O–H groups in total. The number of amides is 1. The summed E-state index contributed by atoms with van der Waals surface area (Å²) in [4.78, 5) is 27.9. The molecule has 0 aliphatic heterocycles. The molecule has 0 saturated heterocycles. The summed E-state index contributed by atoms with van der Waals surface area (Å²) in [6, 6.07) is 20.1. The zero-order valence-electron chi connectivity index (χ0n) is 16.4. The molecule has 0 aliphatic rings. The van der Waals surface area contributed by atoms with Crippen LogP contribution in [0.25, 0.3) is 21.8 Å². The van der Waals surface area contributed by atoms with E-state index in [4.69, 9.17) is 16.4 Å². The highest BCUT2D eigenvalue weighted by Gasteiger charge is 2.20. The molecule has 8 nitrogen and oxygen atoms in total. The van der Waals surface area contributed by atoms with Gasteiger partial charge >= 0.3 is 5.97 Å². The molecular formula is C23H18N4O4. The number of carbonyl (C=O) groups is 2. The average molecular weight is 414 g/mol. The predicted octanol–water partition coefficient (Wildman–Crippen LogP) is 2.61. The lowest BCUT2D eigenvalue weighted by Gasteiger charge is -2.10. The van der Waals surface area contributed by atoms with Gasteiger partial charge in [-0.05, 0) is 35.9 Å². The summed E-state index contributed by atoms with van der Waals surface area (Å²) in [5.74, 6) is 3.96. The summed E-state index contributed by atoms with van der Waals surface area (Å²) in [5, 5.41) is 10.7. The van der Waals surface area contributed by atoms with Gasteiger partial charge in [-0.2, -0.15) is 11.2 Å². The van der Waals surface area contributed by atoms with Crippen molar-refractivity contribution < 1.29 is 19.2 Å². The van der Waals surface area contributed by atoms with Crippen LogP contribution in [0.2, 0.25) is 0 Å². The largest absolute Gasteiger partial charge is 0.481 e. The molecule has 0 aliphatic carbocycles. The molecule has 0 radical (unpaired) electrons. The van der Waals surface area contributed by atoms with Gasteiger partial charge in [-0.3, -0.25) is 4.79 Å². The first kappa shape index (κ1) is 19.9. The SMILES string of the molecule is N#Cc1ccccc1Cn1c2cccc(OCC(=O)ON)c2c2c(C(N)=O)cccc21. The summed E-state index contributed by atoms with van der Waals surface area (Å²) >= 11 is 0. The minimum absolute atomic E-state index is 0.326. The first-order chi connectivity index (χ1) is 15.0. The Bertz CT molecular complexity index is 1370. The van der Waals surface area contributed by atoms with Gasteiger partial charge in [0.2, 0.25) is 5.91 Å². The summed E-state index contributed by atoms with van der Waals surface area (Å²) in [7, 11) is 0. The maximum atomic E-state index is 12.2. The molecule has 8 heteroatoms. The molecule has 4 rings (SSSR count). The van der Waals surface area contributed by atoms with Gasteiger partial charge in [0.1, 0.15) is 5.75 Å². The van der Waals surface area contributed by atoms with Crippen molar-refractivity contribution in [3.63, 3.8) is 0 Å². The number of fused-ring (bicyclic) bond motifs is 3. The number of hydrogen-bond donors (Lipinski definition) is 2. The lowest BCUT2D eigenvalue weighted by molar-refractivity contribution is -0.146. The van der Waals surface area contributed by atoms with Crippen LogP contribution in [0.1, 0.15) is 21.5 Å². The van der Waals surface area contributed by atoms with Gasteiger partial charge in [0, 0.05) is 17.5 Å². The number of ether oxygens (including phenoxy) is 1. The van der Waals surface area contributed by atoms with E-state index in [0.717, 1.165) is 16.6 Å². The topological polar surface area (TPSA) is 133 Å². The minimum Gasteiger partial charge on any atom is -0.481 e. The van der Waals surface area contributed by atoms with Crippen LogP contribution >= 0.6 is 0 Å². The number of aromatic nitrogens is 1. The highest BCUT2D eigenvalue weighted by Crippen LogP contribution is 2.38. The third-order valence-corrected chi connectivity index (χ3v) is 5.09. The van der Waals surface area contributed by atoms with Crippen LogP contribution in [0.5, 0.6) is 5.75 Å². The second kappa shape index (κ2) is 8.18. The van der Waals surface area contributed by atoms with Gasteiger partial charge in [0.25, 0.3) is 0 Å². The van der Waals surface area contributed by atoms with E-state index in [9.17, 15) is 14.9 Å². The van der Waals surface area contributed by atoms with E-state index < -0.39 is 18.5 Å². The van der Waals surface area contributed by atoms with Crippen molar-refractivity contribution in [2.45, 2.75) is 6.54 Å². The summed E-state index contributed by atoms with van der Waals surface area (Å²) in [6.07, 6.45) is 0. The molecule has 0 unspecified atom stereocenters. The fraction of sp³-hybridized carbons (Fsp3) is 0.0870. The van der Waals surface area contributed by atoms with E-state index >= 15 is 0 Å². The molecule has 4 aromatic rings. The predicted molar refractivity (Wildman–Crippen MR) is 114 cm³/mol. The van der Waals surface area contributed by atoms with E-state index in [1.165, 1.54) is 0 Å². The second-order valence-corrected chi connectivity index (χ2v) is 6.85. The molecule has 1 heterocycles. The zero-order chi connectivity index (χ0) is 22.0. The molecular weight excluding hydrogens is 396 g/mol. The quantitative estimate of drug-likeness (QED) is 0.466. The molecule has 31 heavy (non-hydrogen) atoms. The first-order valence-corrected chi connectivity index (χ1v) is 9.39. The normalized spacial score (nSPS) is 10.7. The van der Waals surface area contributed by atoms with Gasteiger partial charge in [0.05, 0.1) is 28.1 Å². The number of nitriles is 1. The third-order valence-electron chi connectivity index (χ3n) is 5.09. The average Bonchev–Trinajstić information content (AvgIpc) is 3.12. The Morgan fingerprint density at radius 2 is 1.68 bits per heavy atom. The van der Waals surface area contributed by atoms with E-state index in [2.05, 4.69) is 10.9 Å². The molecule has 0 spiro atoms. The number of primary amides is 1. The van der Waals surface area contributed by atoms with Crippen LogP contribution in [-0.2, 0) is 16.2 Å². The highest BCUT2D eigenvalue weighted by molar-refractivity contribution is 6.19. The minimum atomic E-state index is -0.737. The van der Waals surface area contributed by atoms with Gasteiger partial charge in [-0.15, -0.1) is 0 Å². The molecule has 0 fully saturated rings. The number of carbonyl (C=O) groups excluding carboxylic acids is 2. The van der Waals surface area contributed by atoms with Crippen LogP contribution in [-0.4, -0.2) is 23.1 Å². The van der Waals surface area contributed by atoms with Crippen molar-refractivity contribution in [2.75, 3.05) is 6.61 Å². The molecule has 1 amide bonds. The Morgan fingerprint density at radius 1 is 0.968 bits per heavy atom. The maximum absolute atomic E-state index is 12.2.